The van der Waals surface area contributed by atoms with E-state index >= 15 is 0 Å². The lowest BCUT2D eigenvalue weighted by atomic mass is 10.2. The smallest absolute Gasteiger partial charge is 0.407 e. The predicted octanol–water partition coefficient (Wildman–Crippen LogP) is 2.03. The number of rotatable bonds is 2. The highest BCUT2D eigenvalue weighted by Gasteiger charge is 2.02. The zero-order chi connectivity index (χ0) is 10.7. The zero-order valence-electron chi connectivity index (χ0n) is 8.28. The Morgan fingerprint density at radius 1 is 1.47 bits per heavy atom. The Labute approximate surface area is 87.2 Å². The number of fused-ring (bicyclic) bond motifs is 1. The summed E-state index contributed by atoms with van der Waals surface area (Å²) in [7, 11) is 1.33. The van der Waals surface area contributed by atoms with Crippen LogP contribution in [-0.2, 0) is 4.74 Å². The van der Waals surface area contributed by atoms with Crippen molar-refractivity contribution in [3.05, 3.63) is 42.6 Å². The number of hydrogen-bond acceptors (Lipinski definition) is 2. The molecule has 0 spiro atoms. The van der Waals surface area contributed by atoms with E-state index in [0.717, 1.165) is 16.6 Å². The quantitative estimate of drug-likeness (QED) is 0.784. The molecule has 0 bridgehead atoms. The molecule has 1 aromatic carbocycles. The summed E-state index contributed by atoms with van der Waals surface area (Å²) in [6.07, 6.45) is -0.478. The molecular weight excluding hydrogens is 192 g/mol. The summed E-state index contributed by atoms with van der Waals surface area (Å²) in [4.78, 5) is 14.0. The highest BCUT2D eigenvalue weighted by Crippen LogP contribution is 2.14. The van der Waals surface area contributed by atoms with E-state index in [1.807, 2.05) is 30.3 Å². The van der Waals surface area contributed by atoms with E-state index in [-0.39, 0.29) is 0 Å². The van der Waals surface area contributed by atoms with Gasteiger partial charge in [0, 0.05) is 11.2 Å². The number of aromatic nitrogens is 1. The van der Waals surface area contributed by atoms with Gasteiger partial charge in [0.25, 0.3) is 0 Å². The number of H-pyrrole nitrogens is 1. The van der Waals surface area contributed by atoms with Crippen LogP contribution >= 0.6 is 0 Å². The fraction of sp³-hybridized carbons (Fsp3) is 0.0909. The number of methoxy groups -OCH3 is 1. The van der Waals surface area contributed by atoms with Crippen LogP contribution in [0.5, 0.6) is 0 Å². The van der Waals surface area contributed by atoms with Gasteiger partial charge < -0.3 is 15.0 Å². The number of nitrogens with one attached hydrogen (secondary N) is 2. The minimum absolute atomic E-state index is 0.478. The highest BCUT2D eigenvalue weighted by atomic mass is 16.5. The fourth-order valence-electron chi connectivity index (χ4n) is 1.37. The molecule has 2 aromatic rings. The monoisotopic (exact) mass is 203 g/mol. The van der Waals surface area contributed by atoms with Crippen molar-refractivity contribution in [2.75, 3.05) is 7.11 Å². The van der Waals surface area contributed by atoms with Crippen LogP contribution < -0.4 is 5.32 Å². The average molecular weight is 203 g/mol. The van der Waals surface area contributed by atoms with E-state index in [4.69, 9.17) is 0 Å². The maximum Gasteiger partial charge on any atom is 0.407 e. The number of carbonyl (C=O) groups excluding carboxylic acids is 1. The summed E-state index contributed by atoms with van der Waals surface area (Å²) >= 11 is 0. The van der Waals surface area contributed by atoms with Crippen molar-refractivity contribution in [1.82, 2.24) is 10.3 Å². The zero-order valence-corrected chi connectivity index (χ0v) is 8.28. The molecular formula is C11H11N2O2. The summed E-state index contributed by atoms with van der Waals surface area (Å²) in [6, 6.07) is 9.85. The van der Waals surface area contributed by atoms with Gasteiger partial charge >= 0.3 is 6.09 Å². The van der Waals surface area contributed by atoms with E-state index in [1.54, 1.807) is 6.54 Å². The molecule has 0 atom stereocenters. The molecule has 0 aliphatic carbocycles. The first kappa shape index (κ1) is 9.58. The van der Waals surface area contributed by atoms with Gasteiger partial charge in [0.2, 0.25) is 0 Å². The molecule has 0 unspecified atom stereocenters. The van der Waals surface area contributed by atoms with E-state index < -0.39 is 6.09 Å². The summed E-state index contributed by atoms with van der Waals surface area (Å²) in [6.45, 7) is 1.58. The SMILES string of the molecule is COC(=O)N[CH]c1cc2ccccc2[nH]1. The van der Waals surface area contributed by atoms with Crippen LogP contribution in [0.2, 0.25) is 0 Å². The molecule has 2 N–H and O–H groups in total. The molecule has 0 saturated heterocycles. The van der Waals surface area contributed by atoms with Gasteiger partial charge in [0.05, 0.1) is 13.7 Å². The molecule has 15 heavy (non-hydrogen) atoms. The summed E-state index contributed by atoms with van der Waals surface area (Å²) in [5.74, 6) is 0. The molecule has 1 amide bonds. The standard InChI is InChI=1S/C11H11N2O2/c1-15-11(14)12-7-9-6-8-4-2-3-5-10(8)13-9/h2-7,13H,1H3,(H,12,14). The number of hydrogen-bond donors (Lipinski definition) is 2. The van der Waals surface area contributed by atoms with Crippen molar-refractivity contribution in [2.24, 2.45) is 0 Å². The highest BCUT2D eigenvalue weighted by molar-refractivity contribution is 5.81. The fourth-order valence-corrected chi connectivity index (χ4v) is 1.37. The van der Waals surface area contributed by atoms with Gasteiger partial charge in [0.15, 0.2) is 0 Å². The van der Waals surface area contributed by atoms with Crippen LogP contribution in [-0.4, -0.2) is 18.2 Å². The number of ether oxygens (including phenoxy) is 1. The molecule has 0 saturated carbocycles. The van der Waals surface area contributed by atoms with Gasteiger partial charge in [-0.2, -0.15) is 0 Å². The summed E-state index contributed by atoms with van der Waals surface area (Å²) in [5.41, 5.74) is 1.87. The number of para-hydroxylation sites is 1. The van der Waals surface area contributed by atoms with Crippen molar-refractivity contribution in [2.45, 2.75) is 0 Å². The van der Waals surface area contributed by atoms with E-state index in [1.165, 1.54) is 7.11 Å². The van der Waals surface area contributed by atoms with Crippen LogP contribution in [0.25, 0.3) is 10.9 Å². The molecule has 0 aliphatic rings. The van der Waals surface area contributed by atoms with Crippen molar-refractivity contribution in [3.63, 3.8) is 0 Å². The Morgan fingerprint density at radius 3 is 3.00 bits per heavy atom. The molecule has 0 fully saturated rings. The molecule has 77 valence electrons. The molecule has 4 heteroatoms. The maximum atomic E-state index is 10.8. The second-order valence-corrected chi connectivity index (χ2v) is 3.09. The topological polar surface area (TPSA) is 54.1 Å². The largest absolute Gasteiger partial charge is 0.453 e. The van der Waals surface area contributed by atoms with Crippen molar-refractivity contribution < 1.29 is 9.53 Å². The summed E-state index contributed by atoms with van der Waals surface area (Å²) < 4.78 is 4.45. The average Bonchev–Trinajstić information content (AvgIpc) is 2.68. The van der Waals surface area contributed by atoms with E-state index in [2.05, 4.69) is 15.0 Å². The lowest BCUT2D eigenvalue weighted by molar-refractivity contribution is 0.174. The van der Waals surface area contributed by atoms with Gasteiger partial charge in [0.1, 0.15) is 0 Å². The lowest BCUT2D eigenvalue weighted by Gasteiger charge is -1.99. The molecule has 1 aromatic heterocycles. The van der Waals surface area contributed by atoms with Gasteiger partial charge in [-0.3, -0.25) is 0 Å². The van der Waals surface area contributed by atoms with Crippen LogP contribution in [0.4, 0.5) is 4.79 Å². The van der Waals surface area contributed by atoms with Crippen LogP contribution in [0.15, 0.2) is 30.3 Å². The molecule has 0 aliphatic heterocycles. The van der Waals surface area contributed by atoms with Crippen molar-refractivity contribution in [1.29, 1.82) is 0 Å². The number of aromatic amines is 1. The minimum Gasteiger partial charge on any atom is -0.453 e. The number of amides is 1. The third kappa shape index (κ3) is 2.10. The Balaban J connectivity index is 2.12. The Kier molecular flexibility index (Phi) is 2.58. The lowest BCUT2D eigenvalue weighted by Crippen LogP contribution is -2.20. The van der Waals surface area contributed by atoms with Gasteiger partial charge in [-0.25, -0.2) is 4.79 Å². The summed E-state index contributed by atoms with van der Waals surface area (Å²) in [5, 5.41) is 3.60. The van der Waals surface area contributed by atoms with Crippen LogP contribution in [0, 0.1) is 6.54 Å². The molecule has 1 heterocycles. The number of alkyl carbamates (subject to hydrolysis) is 1. The Hall–Kier alpha value is -1.97. The van der Waals surface area contributed by atoms with Gasteiger partial charge in [-0.1, -0.05) is 18.2 Å². The first-order valence-corrected chi connectivity index (χ1v) is 4.55. The second-order valence-electron chi connectivity index (χ2n) is 3.09. The minimum atomic E-state index is -0.478. The van der Waals surface area contributed by atoms with Crippen LogP contribution in [0.3, 0.4) is 0 Å². The van der Waals surface area contributed by atoms with Gasteiger partial charge in [-0.15, -0.1) is 0 Å². The second kappa shape index (κ2) is 4.04. The van der Waals surface area contributed by atoms with E-state index in [0.29, 0.717) is 0 Å². The first-order valence-electron chi connectivity index (χ1n) is 4.55. The Morgan fingerprint density at radius 2 is 2.27 bits per heavy atom. The Bertz CT molecular complexity index is 443. The maximum absolute atomic E-state index is 10.8. The predicted molar refractivity (Wildman–Crippen MR) is 57.2 cm³/mol. The number of carbonyl (C=O) groups is 1. The first-order chi connectivity index (χ1) is 7.29. The molecule has 2 rings (SSSR count). The van der Waals surface area contributed by atoms with E-state index in [9.17, 15) is 4.79 Å². The van der Waals surface area contributed by atoms with Crippen molar-refractivity contribution >= 4 is 17.0 Å². The number of benzene rings is 1. The van der Waals surface area contributed by atoms with Gasteiger partial charge in [-0.05, 0) is 17.5 Å². The molecule has 1 radical (unpaired) electrons. The molecule has 4 nitrogen and oxygen atoms in total. The van der Waals surface area contributed by atoms with Crippen molar-refractivity contribution in [3.8, 4) is 0 Å². The third-order valence-electron chi connectivity index (χ3n) is 2.08. The third-order valence-corrected chi connectivity index (χ3v) is 2.08. The van der Waals surface area contributed by atoms with Crippen LogP contribution in [0.1, 0.15) is 5.69 Å². The normalized spacial score (nSPS) is 10.2.